The number of likely N-dealkylation sites (tertiary alicyclic amines) is 1. The molecule has 0 bridgehead atoms. The second-order valence-corrected chi connectivity index (χ2v) is 6.29. The van der Waals surface area contributed by atoms with Crippen molar-refractivity contribution in [2.24, 2.45) is 13.0 Å². The number of piperidine rings is 1. The summed E-state index contributed by atoms with van der Waals surface area (Å²) in [6.07, 6.45) is 3.12. The average molecular weight is 326 g/mol. The van der Waals surface area contributed by atoms with Crippen molar-refractivity contribution in [3.63, 3.8) is 0 Å². The fourth-order valence-electron chi connectivity index (χ4n) is 2.93. The van der Waals surface area contributed by atoms with Crippen LogP contribution in [0.5, 0.6) is 0 Å². The Morgan fingerprint density at radius 2 is 2.25 bits per heavy atom. The predicted molar refractivity (Wildman–Crippen MR) is 92.3 cm³/mol. The van der Waals surface area contributed by atoms with Gasteiger partial charge in [0, 0.05) is 20.1 Å². The van der Waals surface area contributed by atoms with Crippen LogP contribution in [0.25, 0.3) is 6.08 Å². The molecule has 24 heavy (non-hydrogen) atoms. The van der Waals surface area contributed by atoms with Gasteiger partial charge in [-0.3, -0.25) is 5.32 Å². The van der Waals surface area contributed by atoms with E-state index in [1.807, 2.05) is 4.90 Å². The first-order valence-electron chi connectivity index (χ1n) is 8.08. The molecule has 1 atom stereocenters. The predicted octanol–water partition coefficient (Wildman–Crippen LogP) is 2.48. The van der Waals surface area contributed by atoms with Crippen LogP contribution >= 0.6 is 0 Å². The van der Waals surface area contributed by atoms with E-state index in [1.54, 1.807) is 7.05 Å². The maximum absolute atomic E-state index is 12.4. The van der Waals surface area contributed by atoms with E-state index in [2.05, 4.69) is 65.0 Å². The third kappa shape index (κ3) is 3.61. The van der Waals surface area contributed by atoms with Crippen LogP contribution in [0.1, 0.15) is 24.5 Å². The molecule has 1 N–H and O–H groups in total. The Hall–Kier alpha value is -2.70. The smallest absolute Gasteiger partial charge is 0.324 e. The number of tetrazole rings is 1. The van der Waals surface area contributed by atoms with Crippen molar-refractivity contribution < 1.29 is 4.79 Å². The summed E-state index contributed by atoms with van der Waals surface area (Å²) < 4.78 is 1.44. The number of carbonyl (C=O) groups is 1. The fourth-order valence-corrected chi connectivity index (χ4v) is 2.93. The van der Waals surface area contributed by atoms with E-state index in [0.717, 1.165) is 6.42 Å². The number of nitrogens with zero attached hydrogens (tertiary/aromatic N) is 5. The minimum Gasteiger partial charge on any atom is -0.324 e. The average Bonchev–Trinajstić information content (AvgIpc) is 2.94. The highest BCUT2D eigenvalue weighted by atomic mass is 16.2. The minimum absolute atomic E-state index is 0.158. The first kappa shape index (κ1) is 16.2. The molecule has 126 valence electrons. The second-order valence-electron chi connectivity index (χ2n) is 6.29. The van der Waals surface area contributed by atoms with Gasteiger partial charge in [-0.1, -0.05) is 53.5 Å². The van der Waals surface area contributed by atoms with Gasteiger partial charge in [-0.15, -0.1) is 0 Å². The molecule has 1 aromatic carbocycles. The summed E-state index contributed by atoms with van der Waals surface area (Å²) >= 11 is 0. The molecule has 1 aliphatic heterocycles. The number of hydrogen-bond donors (Lipinski definition) is 1. The molecular formula is C17H22N6O. The molecule has 1 unspecified atom stereocenters. The maximum atomic E-state index is 12.4. The molecule has 0 aliphatic carbocycles. The van der Waals surface area contributed by atoms with Gasteiger partial charge in [0.15, 0.2) is 0 Å². The largest absolute Gasteiger partial charge is 0.324 e. The van der Waals surface area contributed by atoms with Gasteiger partial charge in [0.05, 0.1) is 0 Å². The van der Waals surface area contributed by atoms with E-state index in [9.17, 15) is 4.79 Å². The van der Waals surface area contributed by atoms with Crippen LogP contribution in [0, 0.1) is 12.8 Å². The number of carbonyl (C=O) groups excluding carboxylic acids is 1. The van der Waals surface area contributed by atoms with Crippen LogP contribution in [0.15, 0.2) is 29.8 Å². The number of rotatable bonds is 2. The zero-order chi connectivity index (χ0) is 17.1. The SMILES string of the molecule is Cc1cccc(C=C2CCN(C(=O)Nc3nnnn3C)CC2C)c1. The lowest BCUT2D eigenvalue weighted by atomic mass is 9.91. The molecule has 7 heteroatoms. The van der Waals surface area contributed by atoms with Gasteiger partial charge in [0.25, 0.3) is 5.95 Å². The molecule has 1 fully saturated rings. The van der Waals surface area contributed by atoms with Crippen molar-refractivity contribution in [1.29, 1.82) is 0 Å². The monoisotopic (exact) mass is 326 g/mol. The number of amides is 2. The second kappa shape index (κ2) is 6.82. The highest BCUT2D eigenvalue weighted by Gasteiger charge is 2.25. The molecular weight excluding hydrogens is 304 g/mol. The molecule has 2 aromatic rings. The molecule has 1 aliphatic rings. The standard InChI is InChI=1S/C17H22N6O/c1-12-5-4-6-14(9-12)10-15-7-8-23(11-13(15)2)17(24)18-16-19-20-21-22(16)3/h4-6,9-10,13H,7-8,11H2,1-3H3,(H,18,19,21,24). The van der Waals surface area contributed by atoms with Crippen molar-refractivity contribution in [2.75, 3.05) is 18.4 Å². The van der Waals surface area contributed by atoms with E-state index in [4.69, 9.17) is 0 Å². The van der Waals surface area contributed by atoms with Gasteiger partial charge in [-0.2, -0.15) is 0 Å². The van der Waals surface area contributed by atoms with E-state index in [-0.39, 0.29) is 6.03 Å². The summed E-state index contributed by atoms with van der Waals surface area (Å²) in [7, 11) is 1.69. The van der Waals surface area contributed by atoms with Gasteiger partial charge in [-0.05, 0) is 35.3 Å². The lowest BCUT2D eigenvalue weighted by molar-refractivity contribution is 0.197. The van der Waals surface area contributed by atoms with Crippen LogP contribution in [-0.2, 0) is 7.05 Å². The molecule has 7 nitrogen and oxygen atoms in total. The first-order chi connectivity index (χ1) is 11.5. The number of hydrogen-bond acceptors (Lipinski definition) is 4. The zero-order valence-corrected chi connectivity index (χ0v) is 14.2. The minimum atomic E-state index is -0.158. The lowest BCUT2D eigenvalue weighted by Gasteiger charge is -2.33. The summed E-state index contributed by atoms with van der Waals surface area (Å²) in [6, 6.07) is 8.31. The summed E-state index contributed by atoms with van der Waals surface area (Å²) in [5.41, 5.74) is 3.86. The van der Waals surface area contributed by atoms with Crippen LogP contribution in [0.4, 0.5) is 10.7 Å². The number of urea groups is 1. The number of aromatic nitrogens is 4. The number of anilines is 1. The third-order valence-corrected chi connectivity index (χ3v) is 4.32. The fraction of sp³-hybridized carbons (Fsp3) is 0.412. The van der Waals surface area contributed by atoms with E-state index < -0.39 is 0 Å². The van der Waals surface area contributed by atoms with Crippen molar-refractivity contribution >= 4 is 18.1 Å². The van der Waals surface area contributed by atoms with Gasteiger partial charge < -0.3 is 4.90 Å². The highest BCUT2D eigenvalue weighted by molar-refractivity contribution is 5.87. The number of benzene rings is 1. The van der Waals surface area contributed by atoms with Crippen molar-refractivity contribution in [2.45, 2.75) is 20.3 Å². The Kier molecular flexibility index (Phi) is 4.59. The lowest BCUT2D eigenvalue weighted by Crippen LogP contribution is -2.42. The Labute approximate surface area is 141 Å². The molecule has 0 saturated carbocycles. The quantitative estimate of drug-likeness (QED) is 0.920. The summed E-state index contributed by atoms with van der Waals surface area (Å²) in [5, 5.41) is 13.8. The van der Waals surface area contributed by atoms with E-state index in [0.29, 0.717) is 25.0 Å². The van der Waals surface area contributed by atoms with E-state index >= 15 is 0 Å². The third-order valence-electron chi connectivity index (χ3n) is 4.32. The molecule has 0 spiro atoms. The molecule has 1 saturated heterocycles. The molecule has 1 aromatic heterocycles. The zero-order valence-electron chi connectivity index (χ0n) is 14.2. The van der Waals surface area contributed by atoms with Crippen LogP contribution < -0.4 is 5.32 Å². The van der Waals surface area contributed by atoms with Gasteiger partial charge >= 0.3 is 6.03 Å². The molecule has 3 rings (SSSR count). The van der Waals surface area contributed by atoms with Gasteiger partial charge in [0.2, 0.25) is 0 Å². The summed E-state index contributed by atoms with van der Waals surface area (Å²) in [4.78, 5) is 14.2. The van der Waals surface area contributed by atoms with Crippen molar-refractivity contribution in [1.82, 2.24) is 25.1 Å². The maximum Gasteiger partial charge on any atom is 0.324 e. The Balaban J connectivity index is 1.64. The van der Waals surface area contributed by atoms with Gasteiger partial charge in [-0.25, -0.2) is 9.48 Å². The number of nitrogens with one attached hydrogen (secondary N) is 1. The Morgan fingerprint density at radius 3 is 2.92 bits per heavy atom. The normalized spacial score (nSPS) is 19.5. The summed E-state index contributed by atoms with van der Waals surface area (Å²) in [6.45, 7) is 5.64. The topological polar surface area (TPSA) is 75.9 Å². The van der Waals surface area contributed by atoms with Crippen LogP contribution in [0.3, 0.4) is 0 Å². The Bertz CT molecular complexity index is 766. The van der Waals surface area contributed by atoms with Crippen molar-refractivity contribution in [3.05, 3.63) is 41.0 Å². The summed E-state index contributed by atoms with van der Waals surface area (Å²) in [5.74, 6) is 0.677. The molecule has 0 radical (unpaired) electrons. The Morgan fingerprint density at radius 1 is 1.42 bits per heavy atom. The van der Waals surface area contributed by atoms with Crippen LogP contribution in [-0.4, -0.2) is 44.2 Å². The number of aryl methyl sites for hydroxylation is 2. The molecule has 2 heterocycles. The highest BCUT2D eigenvalue weighted by Crippen LogP contribution is 2.25. The van der Waals surface area contributed by atoms with Gasteiger partial charge in [0.1, 0.15) is 0 Å². The molecule has 2 amide bonds. The van der Waals surface area contributed by atoms with Crippen molar-refractivity contribution in [3.8, 4) is 0 Å². The first-order valence-corrected chi connectivity index (χ1v) is 8.08. The van der Waals surface area contributed by atoms with Crippen LogP contribution in [0.2, 0.25) is 0 Å². The van der Waals surface area contributed by atoms with E-state index in [1.165, 1.54) is 21.4 Å².